The molecule has 1 aromatic rings. The SMILES string of the molecule is c1ccc(C[NH+]2CCC([NH+]3CCCCCC3)CC2)cc1. The summed E-state index contributed by atoms with van der Waals surface area (Å²) < 4.78 is 0. The number of hydrogen-bond acceptors (Lipinski definition) is 0. The number of piperidine rings is 1. The standard InChI is InChI=1S/C18H28N2/c1-2-7-13-20(12-6-1)18-10-14-19(15-11-18)16-17-8-4-3-5-9-17/h3-5,8-9,18H,1-2,6-7,10-16H2/p+2. The molecule has 2 heteroatoms. The van der Waals surface area contributed by atoms with Crippen LogP contribution in [0, 0.1) is 0 Å². The maximum absolute atomic E-state index is 2.28. The van der Waals surface area contributed by atoms with E-state index in [4.69, 9.17) is 0 Å². The van der Waals surface area contributed by atoms with Crippen LogP contribution in [-0.2, 0) is 6.54 Å². The second kappa shape index (κ2) is 7.24. The molecule has 2 aliphatic rings. The highest BCUT2D eigenvalue weighted by atomic mass is 15.2. The van der Waals surface area contributed by atoms with Gasteiger partial charge in [0.1, 0.15) is 6.54 Å². The van der Waals surface area contributed by atoms with Crippen molar-refractivity contribution < 1.29 is 9.80 Å². The van der Waals surface area contributed by atoms with Crippen molar-refractivity contribution in [1.29, 1.82) is 0 Å². The van der Waals surface area contributed by atoms with Crippen molar-refractivity contribution in [2.45, 2.75) is 51.1 Å². The van der Waals surface area contributed by atoms with E-state index in [-0.39, 0.29) is 0 Å². The second-order valence-corrected chi connectivity index (χ2v) is 6.76. The molecule has 0 atom stereocenters. The van der Waals surface area contributed by atoms with Crippen LogP contribution in [0.15, 0.2) is 30.3 Å². The van der Waals surface area contributed by atoms with Crippen molar-refractivity contribution in [2.24, 2.45) is 0 Å². The average Bonchev–Trinajstić information content (AvgIpc) is 2.78. The predicted molar refractivity (Wildman–Crippen MR) is 83.0 cm³/mol. The molecular weight excluding hydrogens is 244 g/mol. The average molecular weight is 274 g/mol. The lowest BCUT2D eigenvalue weighted by Gasteiger charge is -2.34. The van der Waals surface area contributed by atoms with E-state index in [0.29, 0.717) is 0 Å². The molecule has 0 aliphatic carbocycles. The van der Waals surface area contributed by atoms with Gasteiger partial charge in [0.25, 0.3) is 0 Å². The summed E-state index contributed by atoms with van der Waals surface area (Å²) in [6.07, 6.45) is 8.76. The molecule has 2 N–H and O–H groups in total. The number of benzene rings is 1. The fraction of sp³-hybridized carbons (Fsp3) is 0.667. The van der Waals surface area contributed by atoms with E-state index in [1.165, 1.54) is 76.8 Å². The fourth-order valence-corrected chi connectivity index (χ4v) is 4.09. The Morgan fingerprint density at radius 2 is 1.45 bits per heavy atom. The van der Waals surface area contributed by atoms with E-state index in [1.54, 1.807) is 4.90 Å². The minimum absolute atomic E-state index is 0.965. The Kier molecular flexibility index (Phi) is 5.10. The molecule has 0 saturated carbocycles. The third-order valence-corrected chi connectivity index (χ3v) is 5.31. The summed E-state index contributed by atoms with van der Waals surface area (Å²) in [5.41, 5.74) is 1.50. The summed E-state index contributed by atoms with van der Waals surface area (Å²) >= 11 is 0. The predicted octanol–water partition coefficient (Wildman–Crippen LogP) is 0.693. The third kappa shape index (κ3) is 3.83. The highest BCUT2D eigenvalue weighted by Crippen LogP contribution is 2.04. The highest BCUT2D eigenvalue weighted by Gasteiger charge is 2.30. The van der Waals surface area contributed by atoms with Gasteiger partial charge >= 0.3 is 0 Å². The quantitative estimate of drug-likeness (QED) is 0.803. The van der Waals surface area contributed by atoms with E-state index >= 15 is 0 Å². The number of quaternary nitrogens is 2. The number of hydrogen-bond donors (Lipinski definition) is 2. The van der Waals surface area contributed by atoms with Gasteiger partial charge in [0.15, 0.2) is 0 Å². The van der Waals surface area contributed by atoms with Crippen LogP contribution < -0.4 is 9.80 Å². The molecule has 20 heavy (non-hydrogen) atoms. The van der Waals surface area contributed by atoms with Gasteiger partial charge in [0.05, 0.1) is 32.2 Å². The molecule has 2 heterocycles. The lowest BCUT2D eigenvalue weighted by Crippen LogP contribution is -3.20. The van der Waals surface area contributed by atoms with Crippen LogP contribution in [0.4, 0.5) is 0 Å². The normalized spacial score (nSPS) is 29.0. The largest absolute Gasteiger partial charge is 0.332 e. The molecule has 2 aliphatic heterocycles. The van der Waals surface area contributed by atoms with Gasteiger partial charge in [-0.3, -0.25) is 0 Å². The van der Waals surface area contributed by atoms with E-state index in [0.717, 1.165) is 6.04 Å². The molecule has 0 spiro atoms. The minimum atomic E-state index is 0.965. The first-order chi connectivity index (χ1) is 9.92. The molecular formula is C18H30N2+2. The zero-order valence-electron chi connectivity index (χ0n) is 12.7. The van der Waals surface area contributed by atoms with Crippen molar-refractivity contribution in [1.82, 2.24) is 0 Å². The van der Waals surface area contributed by atoms with Crippen molar-refractivity contribution in [3.63, 3.8) is 0 Å². The molecule has 0 radical (unpaired) electrons. The van der Waals surface area contributed by atoms with E-state index in [2.05, 4.69) is 30.3 Å². The Morgan fingerprint density at radius 3 is 2.10 bits per heavy atom. The van der Waals surface area contributed by atoms with Gasteiger partial charge in [-0.2, -0.15) is 0 Å². The molecule has 0 unspecified atom stereocenters. The Hall–Kier alpha value is -0.860. The molecule has 0 aromatic heterocycles. The maximum Gasteiger partial charge on any atom is 0.103 e. The van der Waals surface area contributed by atoms with Gasteiger partial charge in [-0.05, 0) is 25.7 Å². The number of likely N-dealkylation sites (tertiary alicyclic amines) is 2. The maximum atomic E-state index is 2.28. The van der Waals surface area contributed by atoms with Crippen LogP contribution in [0.3, 0.4) is 0 Å². The highest BCUT2D eigenvalue weighted by molar-refractivity contribution is 5.13. The zero-order chi connectivity index (χ0) is 13.6. The first-order valence-electron chi connectivity index (χ1n) is 8.64. The first kappa shape index (κ1) is 14.1. The van der Waals surface area contributed by atoms with Crippen molar-refractivity contribution in [2.75, 3.05) is 26.2 Å². The molecule has 3 rings (SSSR count). The first-order valence-corrected chi connectivity index (χ1v) is 8.64. The van der Waals surface area contributed by atoms with Crippen LogP contribution in [0.5, 0.6) is 0 Å². The van der Waals surface area contributed by atoms with Gasteiger partial charge in [0, 0.05) is 18.4 Å². The molecule has 0 bridgehead atoms. The second-order valence-electron chi connectivity index (χ2n) is 6.76. The summed E-state index contributed by atoms with van der Waals surface area (Å²) in [6, 6.07) is 12.0. The monoisotopic (exact) mass is 274 g/mol. The minimum Gasteiger partial charge on any atom is -0.332 e. The Bertz CT molecular complexity index is 374. The molecule has 110 valence electrons. The molecule has 2 nitrogen and oxygen atoms in total. The summed E-state index contributed by atoms with van der Waals surface area (Å²) in [5, 5.41) is 0. The van der Waals surface area contributed by atoms with Gasteiger partial charge < -0.3 is 9.80 Å². The van der Waals surface area contributed by atoms with Gasteiger partial charge in [-0.1, -0.05) is 30.3 Å². The molecule has 0 amide bonds. The fourth-order valence-electron chi connectivity index (χ4n) is 4.09. The zero-order valence-corrected chi connectivity index (χ0v) is 12.7. The van der Waals surface area contributed by atoms with Gasteiger partial charge in [0.2, 0.25) is 0 Å². The number of nitrogens with one attached hydrogen (secondary N) is 2. The van der Waals surface area contributed by atoms with E-state index in [9.17, 15) is 0 Å². The van der Waals surface area contributed by atoms with Crippen LogP contribution in [0.1, 0.15) is 44.1 Å². The van der Waals surface area contributed by atoms with E-state index < -0.39 is 0 Å². The molecule has 2 saturated heterocycles. The number of rotatable bonds is 3. The van der Waals surface area contributed by atoms with Crippen LogP contribution >= 0.6 is 0 Å². The van der Waals surface area contributed by atoms with Crippen molar-refractivity contribution >= 4 is 0 Å². The van der Waals surface area contributed by atoms with Crippen LogP contribution in [0.25, 0.3) is 0 Å². The van der Waals surface area contributed by atoms with E-state index in [1.807, 2.05) is 4.90 Å². The Labute approximate surface area is 123 Å². The molecule has 2 fully saturated rings. The lowest BCUT2D eigenvalue weighted by molar-refractivity contribution is -0.963. The van der Waals surface area contributed by atoms with Gasteiger partial charge in [-0.15, -0.1) is 0 Å². The summed E-state index contributed by atoms with van der Waals surface area (Å²) in [4.78, 5) is 3.72. The smallest absolute Gasteiger partial charge is 0.103 e. The Morgan fingerprint density at radius 1 is 0.800 bits per heavy atom. The van der Waals surface area contributed by atoms with Crippen molar-refractivity contribution in [3.05, 3.63) is 35.9 Å². The summed E-state index contributed by atoms with van der Waals surface area (Å²) in [5.74, 6) is 0. The molecule has 1 aromatic carbocycles. The van der Waals surface area contributed by atoms with Crippen LogP contribution in [-0.4, -0.2) is 32.2 Å². The van der Waals surface area contributed by atoms with Gasteiger partial charge in [-0.25, -0.2) is 0 Å². The Balaban J connectivity index is 1.46. The summed E-state index contributed by atoms with van der Waals surface area (Å²) in [7, 11) is 0. The summed E-state index contributed by atoms with van der Waals surface area (Å²) in [6.45, 7) is 6.87. The van der Waals surface area contributed by atoms with Crippen molar-refractivity contribution in [3.8, 4) is 0 Å². The van der Waals surface area contributed by atoms with Crippen LogP contribution in [0.2, 0.25) is 0 Å². The lowest BCUT2D eigenvalue weighted by atomic mass is 10.0. The topological polar surface area (TPSA) is 8.88 Å². The third-order valence-electron chi connectivity index (χ3n) is 5.31.